The fraction of sp³-hybridized carbons (Fsp3) is 1.00. The van der Waals surface area contributed by atoms with Crippen molar-refractivity contribution in [3.63, 3.8) is 0 Å². The number of hydrogen-bond acceptors (Lipinski definition) is 3. The topological polar surface area (TPSA) is 44.5 Å². The van der Waals surface area contributed by atoms with Crippen LogP contribution >= 0.6 is 0 Å². The van der Waals surface area contributed by atoms with Crippen LogP contribution in [0, 0.1) is 0 Å². The van der Waals surface area contributed by atoms with E-state index in [1.165, 1.54) is 12.8 Å². The van der Waals surface area contributed by atoms with Gasteiger partial charge in [0.25, 0.3) is 0 Å². The molecule has 1 rings (SSSR count). The summed E-state index contributed by atoms with van der Waals surface area (Å²) in [6.07, 6.45) is 3.51. The van der Waals surface area contributed by atoms with Crippen molar-refractivity contribution in [3.8, 4) is 0 Å². The Kier molecular flexibility index (Phi) is 4.21. The van der Waals surface area contributed by atoms with Crippen molar-refractivity contribution in [3.05, 3.63) is 0 Å². The summed E-state index contributed by atoms with van der Waals surface area (Å²) in [7, 11) is 0.0282. The Morgan fingerprint density at radius 3 is 2.83 bits per heavy atom. The van der Waals surface area contributed by atoms with Gasteiger partial charge in [-0.1, -0.05) is 0 Å². The summed E-state index contributed by atoms with van der Waals surface area (Å²) < 4.78 is 11.3. The Labute approximate surface area is 75.5 Å². The minimum atomic E-state index is -1.76. The molecule has 1 aliphatic rings. The summed E-state index contributed by atoms with van der Waals surface area (Å²) in [6, 6.07) is 2.23. The van der Waals surface area contributed by atoms with Gasteiger partial charge in [0.1, 0.15) is 0 Å². The first-order chi connectivity index (χ1) is 5.83. The van der Waals surface area contributed by atoms with E-state index in [1.807, 2.05) is 0 Å². The Hall–Kier alpha value is 0.0969. The highest BCUT2D eigenvalue weighted by atomic mass is 28.4. The quantitative estimate of drug-likeness (QED) is 0.677. The van der Waals surface area contributed by atoms with Gasteiger partial charge in [-0.3, -0.25) is 0 Å². The number of rotatable bonds is 4. The third kappa shape index (κ3) is 2.55. The molecule has 2 N–H and O–H groups in total. The first kappa shape index (κ1) is 10.2. The molecule has 0 aromatic rings. The highest BCUT2D eigenvalue weighted by Gasteiger charge is 2.37. The first-order valence-corrected chi connectivity index (χ1v) is 6.95. The van der Waals surface area contributed by atoms with Crippen LogP contribution in [0.3, 0.4) is 0 Å². The lowest BCUT2D eigenvalue weighted by Gasteiger charge is -2.32. The van der Waals surface area contributed by atoms with E-state index >= 15 is 0 Å². The molecule has 1 fully saturated rings. The van der Waals surface area contributed by atoms with Crippen LogP contribution in [0.2, 0.25) is 12.1 Å². The van der Waals surface area contributed by atoms with Crippen LogP contribution in [-0.2, 0) is 8.85 Å². The molecule has 1 atom stereocenters. The maximum absolute atomic E-state index is 5.78. The van der Waals surface area contributed by atoms with Gasteiger partial charge in [-0.05, 0) is 37.9 Å². The molecule has 1 heterocycles. The Bertz CT molecular complexity index is 126. The van der Waals surface area contributed by atoms with E-state index in [0.29, 0.717) is 0 Å². The smallest absolute Gasteiger partial charge is 0.337 e. The fourth-order valence-corrected chi connectivity index (χ4v) is 4.77. The SMILES string of the molecule is CO[Si]1(CCCN)CCCCO1. The van der Waals surface area contributed by atoms with Gasteiger partial charge in [0.15, 0.2) is 0 Å². The monoisotopic (exact) mass is 189 g/mol. The van der Waals surface area contributed by atoms with Gasteiger partial charge >= 0.3 is 8.56 Å². The van der Waals surface area contributed by atoms with Gasteiger partial charge in [0.05, 0.1) is 0 Å². The predicted octanol–water partition coefficient (Wildman–Crippen LogP) is 1.23. The van der Waals surface area contributed by atoms with Crippen LogP contribution in [0.25, 0.3) is 0 Å². The lowest BCUT2D eigenvalue weighted by molar-refractivity contribution is 0.174. The van der Waals surface area contributed by atoms with E-state index in [0.717, 1.165) is 31.7 Å². The van der Waals surface area contributed by atoms with E-state index in [4.69, 9.17) is 14.6 Å². The molecule has 1 unspecified atom stereocenters. The van der Waals surface area contributed by atoms with Gasteiger partial charge in [-0.15, -0.1) is 0 Å². The predicted molar refractivity (Wildman–Crippen MR) is 51.2 cm³/mol. The van der Waals surface area contributed by atoms with Crippen LogP contribution < -0.4 is 5.73 Å². The molecule has 0 radical (unpaired) electrons. The van der Waals surface area contributed by atoms with Crippen molar-refractivity contribution in [1.82, 2.24) is 0 Å². The summed E-state index contributed by atoms with van der Waals surface area (Å²) in [5.74, 6) is 0. The van der Waals surface area contributed by atoms with Crippen LogP contribution in [0.15, 0.2) is 0 Å². The minimum absolute atomic E-state index is 0.751. The Morgan fingerprint density at radius 1 is 1.50 bits per heavy atom. The molecular weight excluding hydrogens is 170 g/mol. The highest BCUT2D eigenvalue weighted by molar-refractivity contribution is 6.67. The molecule has 1 aliphatic heterocycles. The third-order valence-electron chi connectivity index (χ3n) is 2.45. The number of hydrogen-bond donors (Lipinski definition) is 1. The van der Waals surface area contributed by atoms with Crippen LogP contribution in [0.1, 0.15) is 19.3 Å². The second kappa shape index (κ2) is 4.96. The average molecular weight is 189 g/mol. The third-order valence-corrected chi connectivity index (χ3v) is 6.16. The Balaban J connectivity index is 2.37. The molecule has 12 heavy (non-hydrogen) atoms. The van der Waals surface area contributed by atoms with Crippen molar-refractivity contribution in [2.45, 2.75) is 31.4 Å². The van der Waals surface area contributed by atoms with Crippen molar-refractivity contribution in [1.29, 1.82) is 0 Å². The summed E-state index contributed by atoms with van der Waals surface area (Å²) in [4.78, 5) is 0. The van der Waals surface area contributed by atoms with Crippen molar-refractivity contribution in [2.24, 2.45) is 5.73 Å². The molecular formula is C8H19NO2Si. The average Bonchev–Trinajstić information content (AvgIpc) is 2.16. The minimum Gasteiger partial charge on any atom is -0.398 e. The zero-order valence-electron chi connectivity index (χ0n) is 7.84. The molecule has 1 saturated heterocycles. The van der Waals surface area contributed by atoms with Crippen LogP contribution in [0.5, 0.6) is 0 Å². The van der Waals surface area contributed by atoms with Crippen molar-refractivity contribution >= 4 is 8.56 Å². The van der Waals surface area contributed by atoms with E-state index in [-0.39, 0.29) is 0 Å². The zero-order chi connectivity index (χ0) is 8.86. The van der Waals surface area contributed by atoms with E-state index in [9.17, 15) is 0 Å². The van der Waals surface area contributed by atoms with Crippen molar-refractivity contribution < 1.29 is 8.85 Å². The largest absolute Gasteiger partial charge is 0.398 e. The molecule has 4 heteroatoms. The molecule has 0 bridgehead atoms. The van der Waals surface area contributed by atoms with E-state index < -0.39 is 8.56 Å². The fourth-order valence-electron chi connectivity index (χ4n) is 1.66. The van der Waals surface area contributed by atoms with Gasteiger partial charge in [0, 0.05) is 13.7 Å². The van der Waals surface area contributed by atoms with Crippen LogP contribution in [-0.4, -0.2) is 28.8 Å². The molecule has 3 nitrogen and oxygen atoms in total. The molecule has 0 amide bonds. The maximum Gasteiger partial charge on any atom is 0.337 e. The van der Waals surface area contributed by atoms with E-state index in [2.05, 4.69) is 0 Å². The molecule has 0 aromatic carbocycles. The second-order valence-corrected chi connectivity index (χ2v) is 6.83. The van der Waals surface area contributed by atoms with Crippen molar-refractivity contribution in [2.75, 3.05) is 20.3 Å². The van der Waals surface area contributed by atoms with Gasteiger partial charge in [-0.25, -0.2) is 0 Å². The first-order valence-electron chi connectivity index (χ1n) is 4.72. The maximum atomic E-state index is 5.78. The summed E-state index contributed by atoms with van der Waals surface area (Å²) in [5, 5.41) is 0. The van der Waals surface area contributed by atoms with Crippen LogP contribution in [0.4, 0.5) is 0 Å². The molecule has 0 spiro atoms. The number of nitrogens with two attached hydrogens (primary N) is 1. The lowest BCUT2D eigenvalue weighted by Crippen LogP contribution is -2.44. The second-order valence-electron chi connectivity index (χ2n) is 3.31. The van der Waals surface area contributed by atoms with Gasteiger partial charge in [0.2, 0.25) is 0 Å². The summed E-state index contributed by atoms with van der Waals surface area (Å²) in [6.45, 7) is 1.64. The highest BCUT2D eigenvalue weighted by Crippen LogP contribution is 2.26. The molecule has 72 valence electrons. The van der Waals surface area contributed by atoms with Gasteiger partial charge in [-0.2, -0.15) is 0 Å². The summed E-state index contributed by atoms with van der Waals surface area (Å²) >= 11 is 0. The molecule has 0 saturated carbocycles. The normalized spacial score (nSPS) is 30.5. The summed E-state index contributed by atoms with van der Waals surface area (Å²) in [5.41, 5.74) is 5.47. The molecule has 0 aliphatic carbocycles. The lowest BCUT2D eigenvalue weighted by atomic mass is 10.4. The standard InChI is InChI=1S/C8H19NO2Si/c1-10-12(8-4-5-9)7-3-2-6-11-12/h2-9H2,1H3. The molecule has 0 aromatic heterocycles. The van der Waals surface area contributed by atoms with Gasteiger partial charge < -0.3 is 14.6 Å². The van der Waals surface area contributed by atoms with E-state index in [1.54, 1.807) is 7.11 Å². The zero-order valence-corrected chi connectivity index (χ0v) is 8.84. The Morgan fingerprint density at radius 2 is 2.33 bits per heavy atom.